The standard InChI is InChI=1S/C14H16ClFO/c1-9-5-6-14(17)10(7-9)8-11-12(15)3-2-4-13(11)16/h2-4,9-10H,5-8H2,1H3. The third-order valence-electron chi connectivity index (χ3n) is 3.54. The fourth-order valence-corrected chi connectivity index (χ4v) is 2.74. The smallest absolute Gasteiger partial charge is 0.136 e. The van der Waals surface area contributed by atoms with Crippen LogP contribution in [0.15, 0.2) is 18.2 Å². The topological polar surface area (TPSA) is 17.1 Å². The van der Waals surface area contributed by atoms with Gasteiger partial charge in [0.15, 0.2) is 0 Å². The van der Waals surface area contributed by atoms with Crippen LogP contribution in [0.2, 0.25) is 5.02 Å². The molecule has 0 bridgehead atoms. The van der Waals surface area contributed by atoms with Crippen LogP contribution in [-0.2, 0) is 11.2 Å². The number of rotatable bonds is 2. The Morgan fingerprint density at radius 1 is 1.47 bits per heavy atom. The molecule has 0 saturated heterocycles. The Labute approximate surface area is 106 Å². The van der Waals surface area contributed by atoms with Crippen LogP contribution < -0.4 is 0 Å². The Bertz CT molecular complexity index is 410. The van der Waals surface area contributed by atoms with E-state index in [0.717, 1.165) is 12.8 Å². The quantitative estimate of drug-likeness (QED) is 0.779. The van der Waals surface area contributed by atoms with Gasteiger partial charge in [-0.25, -0.2) is 4.39 Å². The van der Waals surface area contributed by atoms with Gasteiger partial charge >= 0.3 is 0 Å². The molecule has 0 aromatic heterocycles. The monoisotopic (exact) mass is 254 g/mol. The average molecular weight is 255 g/mol. The molecule has 17 heavy (non-hydrogen) atoms. The molecule has 2 unspecified atom stereocenters. The maximum Gasteiger partial charge on any atom is 0.136 e. The Kier molecular flexibility index (Phi) is 3.82. The van der Waals surface area contributed by atoms with E-state index >= 15 is 0 Å². The summed E-state index contributed by atoms with van der Waals surface area (Å²) in [6.45, 7) is 2.14. The van der Waals surface area contributed by atoms with Crippen LogP contribution in [-0.4, -0.2) is 5.78 Å². The fraction of sp³-hybridized carbons (Fsp3) is 0.500. The van der Waals surface area contributed by atoms with Crippen molar-refractivity contribution in [1.29, 1.82) is 0 Å². The maximum atomic E-state index is 13.6. The molecule has 0 amide bonds. The first kappa shape index (κ1) is 12.6. The highest BCUT2D eigenvalue weighted by molar-refractivity contribution is 6.31. The summed E-state index contributed by atoms with van der Waals surface area (Å²) in [4.78, 5) is 11.8. The minimum absolute atomic E-state index is 0.0619. The van der Waals surface area contributed by atoms with E-state index in [1.165, 1.54) is 6.07 Å². The molecule has 1 aliphatic carbocycles. The van der Waals surface area contributed by atoms with Gasteiger partial charge < -0.3 is 0 Å². The van der Waals surface area contributed by atoms with E-state index in [-0.39, 0.29) is 17.5 Å². The second-order valence-electron chi connectivity index (χ2n) is 4.95. The van der Waals surface area contributed by atoms with Crippen LogP contribution in [0.5, 0.6) is 0 Å². The Hall–Kier alpha value is -0.890. The van der Waals surface area contributed by atoms with Gasteiger partial charge in [0.2, 0.25) is 0 Å². The molecule has 3 heteroatoms. The van der Waals surface area contributed by atoms with Crippen LogP contribution in [0.4, 0.5) is 4.39 Å². The van der Waals surface area contributed by atoms with Gasteiger partial charge in [0.25, 0.3) is 0 Å². The number of carbonyl (C=O) groups is 1. The van der Waals surface area contributed by atoms with Gasteiger partial charge in [-0.1, -0.05) is 24.6 Å². The molecule has 1 nitrogen and oxygen atoms in total. The van der Waals surface area contributed by atoms with Gasteiger partial charge in [0.1, 0.15) is 11.6 Å². The van der Waals surface area contributed by atoms with Crippen molar-refractivity contribution in [1.82, 2.24) is 0 Å². The largest absolute Gasteiger partial charge is 0.299 e. The van der Waals surface area contributed by atoms with Crippen molar-refractivity contribution in [2.24, 2.45) is 11.8 Å². The summed E-state index contributed by atoms with van der Waals surface area (Å²) in [6.07, 6.45) is 2.87. The molecular formula is C14H16ClFO. The molecule has 2 rings (SSSR count). The number of benzene rings is 1. The van der Waals surface area contributed by atoms with Crippen LogP contribution in [0, 0.1) is 17.7 Å². The first-order chi connectivity index (χ1) is 8.08. The normalized spacial score (nSPS) is 25.0. The van der Waals surface area contributed by atoms with Crippen molar-refractivity contribution in [3.05, 3.63) is 34.6 Å². The second kappa shape index (κ2) is 5.18. The summed E-state index contributed by atoms with van der Waals surface area (Å²) < 4.78 is 13.6. The van der Waals surface area contributed by atoms with E-state index < -0.39 is 0 Å². The van der Waals surface area contributed by atoms with Crippen molar-refractivity contribution in [2.75, 3.05) is 0 Å². The van der Waals surface area contributed by atoms with Gasteiger partial charge in [-0.3, -0.25) is 4.79 Å². The van der Waals surface area contributed by atoms with Gasteiger partial charge in [0, 0.05) is 22.9 Å². The zero-order chi connectivity index (χ0) is 12.4. The molecule has 0 heterocycles. The molecule has 0 radical (unpaired) electrons. The molecule has 1 aliphatic rings. The number of hydrogen-bond donors (Lipinski definition) is 0. The summed E-state index contributed by atoms with van der Waals surface area (Å²) in [6, 6.07) is 4.67. The lowest BCUT2D eigenvalue weighted by Crippen LogP contribution is -2.25. The lowest BCUT2D eigenvalue weighted by atomic mass is 9.78. The number of hydrogen-bond acceptors (Lipinski definition) is 1. The number of carbonyl (C=O) groups excluding carboxylic acids is 1. The van der Waals surface area contributed by atoms with Gasteiger partial charge in [-0.05, 0) is 37.3 Å². The molecule has 0 spiro atoms. The molecule has 0 aliphatic heterocycles. The van der Waals surface area contributed by atoms with Crippen molar-refractivity contribution in [2.45, 2.75) is 32.6 Å². The fourth-order valence-electron chi connectivity index (χ4n) is 2.50. The highest BCUT2D eigenvalue weighted by atomic mass is 35.5. The highest BCUT2D eigenvalue weighted by Gasteiger charge is 2.27. The van der Waals surface area contributed by atoms with E-state index in [1.54, 1.807) is 12.1 Å². The minimum atomic E-state index is -0.302. The first-order valence-electron chi connectivity index (χ1n) is 6.03. The van der Waals surface area contributed by atoms with Gasteiger partial charge in [0.05, 0.1) is 0 Å². The predicted octanol–water partition coefficient (Wildman–Crippen LogP) is 4.03. The average Bonchev–Trinajstić information content (AvgIpc) is 2.28. The van der Waals surface area contributed by atoms with E-state index in [9.17, 15) is 9.18 Å². The minimum Gasteiger partial charge on any atom is -0.299 e. The van der Waals surface area contributed by atoms with E-state index in [4.69, 9.17) is 11.6 Å². The summed E-state index contributed by atoms with van der Waals surface area (Å²) in [5, 5.41) is 0.427. The zero-order valence-corrected chi connectivity index (χ0v) is 10.6. The predicted molar refractivity (Wildman–Crippen MR) is 66.6 cm³/mol. The maximum absolute atomic E-state index is 13.6. The number of Topliss-reactive ketones (excluding diaryl/α,β-unsaturated/α-hetero) is 1. The second-order valence-corrected chi connectivity index (χ2v) is 5.35. The van der Waals surface area contributed by atoms with Crippen LogP contribution in [0.25, 0.3) is 0 Å². The lowest BCUT2D eigenvalue weighted by Gasteiger charge is -2.25. The third kappa shape index (κ3) is 2.86. The van der Waals surface area contributed by atoms with E-state index in [0.29, 0.717) is 29.3 Å². The Morgan fingerprint density at radius 2 is 2.24 bits per heavy atom. The molecule has 2 atom stereocenters. The van der Waals surface area contributed by atoms with Crippen LogP contribution in [0.3, 0.4) is 0 Å². The summed E-state index contributed by atoms with van der Waals surface area (Å²) in [5.74, 6) is 0.433. The van der Waals surface area contributed by atoms with Crippen LogP contribution >= 0.6 is 11.6 Å². The van der Waals surface area contributed by atoms with E-state index in [1.807, 2.05) is 0 Å². The first-order valence-corrected chi connectivity index (χ1v) is 6.41. The summed E-state index contributed by atoms with van der Waals surface area (Å²) >= 11 is 5.98. The molecule has 1 saturated carbocycles. The zero-order valence-electron chi connectivity index (χ0n) is 9.88. The van der Waals surface area contributed by atoms with Crippen molar-refractivity contribution < 1.29 is 9.18 Å². The van der Waals surface area contributed by atoms with Crippen molar-refractivity contribution in [3.63, 3.8) is 0 Å². The number of ketones is 1. The number of halogens is 2. The molecular weight excluding hydrogens is 239 g/mol. The Balaban J connectivity index is 2.17. The summed E-state index contributed by atoms with van der Waals surface area (Å²) in [5.41, 5.74) is 0.488. The molecule has 1 fully saturated rings. The van der Waals surface area contributed by atoms with Gasteiger partial charge in [-0.2, -0.15) is 0 Å². The van der Waals surface area contributed by atoms with E-state index in [2.05, 4.69) is 6.92 Å². The SMILES string of the molecule is CC1CCC(=O)C(Cc2c(F)cccc2Cl)C1. The molecule has 92 valence electrons. The molecule has 1 aromatic rings. The Morgan fingerprint density at radius 3 is 2.94 bits per heavy atom. The van der Waals surface area contributed by atoms with Gasteiger partial charge in [-0.15, -0.1) is 0 Å². The summed E-state index contributed by atoms with van der Waals surface area (Å²) in [7, 11) is 0. The molecule has 0 N–H and O–H groups in total. The van der Waals surface area contributed by atoms with Crippen molar-refractivity contribution >= 4 is 17.4 Å². The third-order valence-corrected chi connectivity index (χ3v) is 3.89. The van der Waals surface area contributed by atoms with Crippen molar-refractivity contribution in [3.8, 4) is 0 Å². The lowest BCUT2D eigenvalue weighted by molar-refractivity contribution is -0.125. The molecule has 1 aromatic carbocycles. The highest BCUT2D eigenvalue weighted by Crippen LogP contribution is 2.31. The van der Waals surface area contributed by atoms with Crippen LogP contribution in [0.1, 0.15) is 31.7 Å².